The van der Waals surface area contributed by atoms with Crippen LogP contribution in [0.15, 0.2) is 24.3 Å². The fourth-order valence-corrected chi connectivity index (χ4v) is 1.05. The lowest BCUT2D eigenvalue weighted by Gasteiger charge is -2.02. The molecule has 0 aliphatic rings. The van der Waals surface area contributed by atoms with Crippen molar-refractivity contribution in [1.29, 1.82) is 5.26 Å². The molecule has 0 unspecified atom stereocenters. The van der Waals surface area contributed by atoms with Gasteiger partial charge in [-0.15, -0.1) is 0 Å². The van der Waals surface area contributed by atoms with Crippen LogP contribution >= 0.6 is 0 Å². The Kier molecular flexibility index (Phi) is 3.04. The van der Waals surface area contributed by atoms with Crippen LogP contribution in [0.25, 0.3) is 0 Å². The lowest BCUT2D eigenvalue weighted by Crippen LogP contribution is -2.05. The van der Waals surface area contributed by atoms with Gasteiger partial charge in [-0.05, 0) is 17.7 Å². The van der Waals surface area contributed by atoms with Crippen LogP contribution in [0.2, 0.25) is 0 Å². The minimum Gasteiger partial charge on any atom is -0.326 e. The number of benzene rings is 1. The van der Waals surface area contributed by atoms with Crippen LogP contribution in [-0.2, 0) is 11.2 Å². The van der Waals surface area contributed by atoms with Crippen LogP contribution in [0.5, 0.6) is 0 Å². The van der Waals surface area contributed by atoms with E-state index in [9.17, 15) is 4.79 Å². The number of anilines is 1. The molecule has 0 aliphatic heterocycles. The van der Waals surface area contributed by atoms with E-state index >= 15 is 0 Å². The minimum absolute atomic E-state index is 0.103. The summed E-state index contributed by atoms with van der Waals surface area (Å²) < 4.78 is 0. The zero-order chi connectivity index (χ0) is 9.68. The predicted octanol–water partition coefficient (Wildman–Crippen LogP) is 1.71. The van der Waals surface area contributed by atoms with Gasteiger partial charge in [-0.25, -0.2) is 0 Å². The SMILES string of the molecule is CC(=O)Nc1cccc(CC#N)c1. The van der Waals surface area contributed by atoms with Crippen LogP contribution in [0.3, 0.4) is 0 Å². The summed E-state index contributed by atoms with van der Waals surface area (Å²) in [6.07, 6.45) is 0.368. The molecule has 13 heavy (non-hydrogen) atoms. The Balaban J connectivity index is 2.80. The van der Waals surface area contributed by atoms with Crippen molar-refractivity contribution < 1.29 is 4.79 Å². The molecule has 3 nitrogen and oxygen atoms in total. The molecule has 0 saturated carbocycles. The van der Waals surface area contributed by atoms with Crippen molar-refractivity contribution in [3.63, 3.8) is 0 Å². The quantitative estimate of drug-likeness (QED) is 0.742. The fraction of sp³-hybridized carbons (Fsp3) is 0.200. The number of carbonyl (C=O) groups excluding carboxylic acids is 1. The molecule has 1 aromatic carbocycles. The van der Waals surface area contributed by atoms with E-state index in [-0.39, 0.29) is 5.91 Å². The second-order valence-corrected chi connectivity index (χ2v) is 2.72. The van der Waals surface area contributed by atoms with Gasteiger partial charge in [-0.2, -0.15) is 5.26 Å². The largest absolute Gasteiger partial charge is 0.326 e. The molecule has 3 heteroatoms. The van der Waals surface area contributed by atoms with Gasteiger partial charge in [0.1, 0.15) is 0 Å². The lowest BCUT2D eigenvalue weighted by molar-refractivity contribution is -0.114. The summed E-state index contributed by atoms with van der Waals surface area (Å²) in [5, 5.41) is 11.1. The highest BCUT2D eigenvalue weighted by atomic mass is 16.1. The molecule has 1 N–H and O–H groups in total. The van der Waals surface area contributed by atoms with Gasteiger partial charge in [0.05, 0.1) is 12.5 Å². The number of nitrogens with zero attached hydrogens (tertiary/aromatic N) is 1. The highest BCUT2D eigenvalue weighted by Crippen LogP contribution is 2.10. The standard InChI is InChI=1S/C10H10N2O/c1-8(13)12-10-4-2-3-9(7-10)5-6-11/h2-4,7H,5H2,1H3,(H,12,13). The Morgan fingerprint density at radius 2 is 2.38 bits per heavy atom. The number of amides is 1. The predicted molar refractivity (Wildman–Crippen MR) is 50.1 cm³/mol. The van der Waals surface area contributed by atoms with E-state index in [0.29, 0.717) is 6.42 Å². The van der Waals surface area contributed by atoms with Gasteiger partial charge in [0, 0.05) is 12.6 Å². The third kappa shape index (κ3) is 2.96. The molecule has 0 bridgehead atoms. The molecule has 0 spiro atoms. The van der Waals surface area contributed by atoms with E-state index in [1.807, 2.05) is 12.1 Å². The molecule has 0 aromatic heterocycles. The molecule has 0 radical (unpaired) electrons. The first kappa shape index (κ1) is 9.27. The zero-order valence-electron chi connectivity index (χ0n) is 7.37. The van der Waals surface area contributed by atoms with E-state index in [2.05, 4.69) is 11.4 Å². The maximum Gasteiger partial charge on any atom is 0.221 e. The Morgan fingerprint density at radius 1 is 1.62 bits per heavy atom. The number of nitriles is 1. The maximum atomic E-state index is 10.7. The minimum atomic E-state index is -0.103. The summed E-state index contributed by atoms with van der Waals surface area (Å²) in [6.45, 7) is 1.46. The van der Waals surface area contributed by atoms with Gasteiger partial charge < -0.3 is 5.32 Å². The second-order valence-electron chi connectivity index (χ2n) is 2.72. The van der Waals surface area contributed by atoms with Crippen molar-refractivity contribution in [3.05, 3.63) is 29.8 Å². The summed E-state index contributed by atoms with van der Waals surface area (Å²) >= 11 is 0. The van der Waals surface area contributed by atoms with E-state index in [1.54, 1.807) is 12.1 Å². The van der Waals surface area contributed by atoms with Crippen LogP contribution in [0.1, 0.15) is 12.5 Å². The summed E-state index contributed by atoms with van der Waals surface area (Å²) in [5.41, 5.74) is 1.65. The van der Waals surface area contributed by atoms with Crippen LogP contribution in [0.4, 0.5) is 5.69 Å². The van der Waals surface area contributed by atoms with Crippen molar-refractivity contribution >= 4 is 11.6 Å². The first-order valence-electron chi connectivity index (χ1n) is 3.96. The number of nitrogens with one attached hydrogen (secondary N) is 1. The van der Waals surface area contributed by atoms with Gasteiger partial charge >= 0.3 is 0 Å². The molecule has 66 valence electrons. The van der Waals surface area contributed by atoms with Gasteiger partial charge in [0.2, 0.25) is 5.91 Å². The first-order valence-corrected chi connectivity index (χ1v) is 3.96. The molecule has 0 atom stereocenters. The Labute approximate surface area is 77.0 Å². The number of carbonyl (C=O) groups is 1. The number of rotatable bonds is 2. The van der Waals surface area contributed by atoms with Crippen LogP contribution in [0, 0.1) is 11.3 Å². The smallest absolute Gasteiger partial charge is 0.221 e. The van der Waals surface area contributed by atoms with Gasteiger partial charge in [0.25, 0.3) is 0 Å². The maximum absolute atomic E-state index is 10.7. The topological polar surface area (TPSA) is 52.9 Å². The van der Waals surface area contributed by atoms with Crippen molar-refractivity contribution in [2.24, 2.45) is 0 Å². The first-order chi connectivity index (χ1) is 6.22. The summed E-state index contributed by atoms with van der Waals surface area (Å²) in [4.78, 5) is 10.7. The number of hydrogen-bond donors (Lipinski definition) is 1. The molecule has 0 aliphatic carbocycles. The molecule has 1 amide bonds. The molecular weight excluding hydrogens is 164 g/mol. The molecular formula is C10H10N2O. The van der Waals surface area contributed by atoms with E-state index in [0.717, 1.165) is 11.3 Å². The van der Waals surface area contributed by atoms with Crippen molar-refractivity contribution in [2.75, 3.05) is 5.32 Å². The van der Waals surface area contributed by atoms with Crippen molar-refractivity contribution in [3.8, 4) is 6.07 Å². The van der Waals surface area contributed by atoms with Gasteiger partial charge in [-0.3, -0.25) is 4.79 Å². The van der Waals surface area contributed by atoms with E-state index in [4.69, 9.17) is 5.26 Å². The highest BCUT2D eigenvalue weighted by molar-refractivity contribution is 5.88. The normalized spacial score (nSPS) is 8.92. The zero-order valence-corrected chi connectivity index (χ0v) is 7.37. The highest BCUT2D eigenvalue weighted by Gasteiger charge is 1.96. The molecule has 1 aromatic rings. The summed E-state index contributed by atoms with van der Waals surface area (Å²) in [7, 11) is 0. The summed E-state index contributed by atoms with van der Waals surface area (Å²) in [5.74, 6) is -0.103. The number of hydrogen-bond acceptors (Lipinski definition) is 2. The fourth-order valence-electron chi connectivity index (χ4n) is 1.05. The average molecular weight is 174 g/mol. The van der Waals surface area contributed by atoms with Crippen LogP contribution < -0.4 is 5.32 Å². The monoisotopic (exact) mass is 174 g/mol. The molecule has 0 fully saturated rings. The third-order valence-corrected chi connectivity index (χ3v) is 1.53. The Bertz CT molecular complexity index is 352. The summed E-state index contributed by atoms with van der Waals surface area (Å²) in [6, 6.07) is 9.32. The van der Waals surface area contributed by atoms with Crippen molar-refractivity contribution in [2.45, 2.75) is 13.3 Å². The van der Waals surface area contributed by atoms with E-state index in [1.165, 1.54) is 6.92 Å². The van der Waals surface area contributed by atoms with Gasteiger partial charge in [0.15, 0.2) is 0 Å². The second kappa shape index (κ2) is 4.27. The third-order valence-electron chi connectivity index (χ3n) is 1.53. The Morgan fingerprint density at radius 3 is 3.00 bits per heavy atom. The molecule has 1 rings (SSSR count). The van der Waals surface area contributed by atoms with Crippen molar-refractivity contribution in [1.82, 2.24) is 0 Å². The average Bonchev–Trinajstić information content (AvgIpc) is 2.04. The lowest BCUT2D eigenvalue weighted by atomic mass is 10.1. The van der Waals surface area contributed by atoms with Gasteiger partial charge in [-0.1, -0.05) is 12.1 Å². The van der Waals surface area contributed by atoms with E-state index < -0.39 is 0 Å². The Hall–Kier alpha value is -1.82. The van der Waals surface area contributed by atoms with Crippen LogP contribution in [-0.4, -0.2) is 5.91 Å². The molecule has 0 heterocycles. The molecule has 0 saturated heterocycles.